The van der Waals surface area contributed by atoms with Gasteiger partial charge >= 0.3 is 0 Å². The second-order valence-corrected chi connectivity index (χ2v) is 4.28. The molecule has 0 heterocycles. The van der Waals surface area contributed by atoms with Crippen LogP contribution in [-0.2, 0) is 4.79 Å². The predicted molar refractivity (Wildman–Crippen MR) is 61.2 cm³/mol. The van der Waals surface area contributed by atoms with Crippen LogP contribution >= 0.6 is 45.2 Å². The number of carbonyl (C=O) groups is 1. The second kappa shape index (κ2) is 8.23. The maximum Gasteiger partial charge on any atom is 0.132 e. The maximum absolute atomic E-state index is 11.0. The van der Waals surface area contributed by atoms with E-state index < -0.39 is 0 Å². The monoisotopic (exact) mass is 366 g/mol. The van der Waals surface area contributed by atoms with E-state index in [0.29, 0.717) is 5.78 Å². The first-order chi connectivity index (χ1) is 4.81. The standard InChI is InChI=1S/C7H12I2O/c8-5-1-3-7(10)4-2-6-9/h1-6H2. The van der Waals surface area contributed by atoms with Crippen LogP contribution in [0.1, 0.15) is 25.7 Å². The molecule has 0 radical (unpaired) electrons. The number of carbonyl (C=O) groups excluding carboxylic acids is 1. The summed E-state index contributed by atoms with van der Waals surface area (Å²) in [5.41, 5.74) is 0. The number of alkyl halides is 2. The molecule has 0 aliphatic heterocycles. The number of hydrogen-bond donors (Lipinski definition) is 0. The summed E-state index contributed by atoms with van der Waals surface area (Å²) in [7, 11) is 0. The van der Waals surface area contributed by atoms with Crippen LogP contribution in [0.4, 0.5) is 0 Å². The van der Waals surface area contributed by atoms with Gasteiger partial charge < -0.3 is 0 Å². The average molecular weight is 366 g/mol. The van der Waals surface area contributed by atoms with Crippen LogP contribution in [0, 0.1) is 0 Å². The largest absolute Gasteiger partial charge is 0.300 e. The fourth-order valence-corrected chi connectivity index (χ4v) is 1.42. The van der Waals surface area contributed by atoms with Crippen LogP contribution in [-0.4, -0.2) is 14.6 Å². The molecule has 0 fully saturated rings. The minimum Gasteiger partial charge on any atom is -0.300 e. The van der Waals surface area contributed by atoms with Gasteiger partial charge in [0.1, 0.15) is 5.78 Å². The van der Waals surface area contributed by atoms with Gasteiger partial charge in [-0.05, 0) is 21.7 Å². The van der Waals surface area contributed by atoms with E-state index in [9.17, 15) is 4.79 Å². The molecule has 0 aliphatic rings. The molecule has 0 aromatic heterocycles. The number of Topliss-reactive ketones (excluding diaryl/α,β-unsaturated/α-hetero) is 1. The van der Waals surface area contributed by atoms with Crippen LogP contribution in [0.2, 0.25) is 0 Å². The van der Waals surface area contributed by atoms with Crippen molar-refractivity contribution in [1.29, 1.82) is 0 Å². The average Bonchev–Trinajstić information content (AvgIpc) is 1.97. The van der Waals surface area contributed by atoms with Gasteiger partial charge in [0, 0.05) is 12.8 Å². The Morgan fingerprint density at radius 3 is 1.70 bits per heavy atom. The van der Waals surface area contributed by atoms with Crippen LogP contribution in [0.25, 0.3) is 0 Å². The van der Waals surface area contributed by atoms with E-state index in [0.717, 1.165) is 34.5 Å². The molecule has 0 saturated heterocycles. The van der Waals surface area contributed by atoms with E-state index >= 15 is 0 Å². The van der Waals surface area contributed by atoms with Crippen molar-refractivity contribution in [3.63, 3.8) is 0 Å². The summed E-state index contributed by atoms with van der Waals surface area (Å²) in [6, 6.07) is 0. The molecule has 0 amide bonds. The number of ketones is 1. The highest BCUT2D eigenvalue weighted by Crippen LogP contribution is 2.02. The maximum atomic E-state index is 11.0. The van der Waals surface area contributed by atoms with Crippen molar-refractivity contribution < 1.29 is 4.79 Å². The predicted octanol–water partition coefficient (Wildman–Crippen LogP) is 2.99. The van der Waals surface area contributed by atoms with Crippen molar-refractivity contribution in [2.45, 2.75) is 25.7 Å². The van der Waals surface area contributed by atoms with Gasteiger partial charge in [-0.1, -0.05) is 45.2 Å². The Hall–Kier alpha value is 1.13. The third-order valence-corrected chi connectivity index (χ3v) is 2.70. The molecular weight excluding hydrogens is 354 g/mol. The lowest BCUT2D eigenvalue weighted by molar-refractivity contribution is -0.119. The zero-order chi connectivity index (χ0) is 7.82. The highest BCUT2D eigenvalue weighted by atomic mass is 127. The van der Waals surface area contributed by atoms with E-state index in [2.05, 4.69) is 45.2 Å². The number of rotatable bonds is 6. The SMILES string of the molecule is O=C(CCCI)CCCI. The molecule has 0 aromatic carbocycles. The van der Waals surface area contributed by atoms with Crippen LogP contribution < -0.4 is 0 Å². The van der Waals surface area contributed by atoms with E-state index in [1.54, 1.807) is 0 Å². The smallest absolute Gasteiger partial charge is 0.132 e. The van der Waals surface area contributed by atoms with E-state index in [4.69, 9.17) is 0 Å². The van der Waals surface area contributed by atoms with Crippen molar-refractivity contribution in [1.82, 2.24) is 0 Å². The molecule has 3 heteroatoms. The molecule has 0 atom stereocenters. The molecule has 0 bridgehead atoms. The fraction of sp³-hybridized carbons (Fsp3) is 0.857. The fourth-order valence-electron chi connectivity index (χ4n) is 0.653. The minimum atomic E-state index is 0.438. The van der Waals surface area contributed by atoms with Gasteiger partial charge in [0.2, 0.25) is 0 Å². The molecule has 0 aliphatic carbocycles. The normalized spacial score (nSPS) is 9.80. The third kappa shape index (κ3) is 7.24. The zero-order valence-corrected chi connectivity index (χ0v) is 10.2. The van der Waals surface area contributed by atoms with E-state index in [1.807, 2.05) is 0 Å². The summed E-state index contributed by atoms with van der Waals surface area (Å²) in [6.07, 6.45) is 3.69. The Balaban J connectivity index is 3.09. The van der Waals surface area contributed by atoms with E-state index in [-0.39, 0.29) is 0 Å². The summed E-state index contributed by atoms with van der Waals surface area (Å²) in [5, 5.41) is 0. The number of hydrogen-bond acceptors (Lipinski definition) is 1. The van der Waals surface area contributed by atoms with Gasteiger partial charge in [0.15, 0.2) is 0 Å². The van der Waals surface area contributed by atoms with Gasteiger partial charge in [-0.2, -0.15) is 0 Å². The Labute approximate surface area is 89.6 Å². The van der Waals surface area contributed by atoms with Crippen LogP contribution in [0.5, 0.6) is 0 Å². The van der Waals surface area contributed by atoms with Gasteiger partial charge in [0.05, 0.1) is 0 Å². The lowest BCUT2D eigenvalue weighted by atomic mass is 10.1. The second-order valence-electron chi connectivity index (χ2n) is 2.12. The van der Waals surface area contributed by atoms with Crippen LogP contribution in [0.3, 0.4) is 0 Å². The summed E-state index contributed by atoms with van der Waals surface area (Å²) in [4.78, 5) is 11.0. The highest BCUT2D eigenvalue weighted by molar-refractivity contribution is 14.1. The third-order valence-electron chi connectivity index (χ3n) is 1.18. The Kier molecular flexibility index (Phi) is 9.16. The Morgan fingerprint density at radius 2 is 1.40 bits per heavy atom. The molecule has 1 nitrogen and oxygen atoms in total. The molecule has 0 N–H and O–H groups in total. The first kappa shape index (κ1) is 11.1. The molecule has 60 valence electrons. The summed E-state index contributed by atoms with van der Waals surface area (Å²) in [6.45, 7) is 0. The van der Waals surface area contributed by atoms with Crippen molar-refractivity contribution in [2.24, 2.45) is 0 Å². The van der Waals surface area contributed by atoms with Crippen LogP contribution in [0.15, 0.2) is 0 Å². The van der Waals surface area contributed by atoms with Crippen molar-refractivity contribution in [2.75, 3.05) is 8.86 Å². The highest BCUT2D eigenvalue weighted by Gasteiger charge is 1.98. The quantitative estimate of drug-likeness (QED) is 0.522. The Bertz CT molecular complexity index is 83.6. The molecule has 0 aromatic rings. The van der Waals surface area contributed by atoms with Gasteiger partial charge in [-0.25, -0.2) is 0 Å². The van der Waals surface area contributed by atoms with Gasteiger partial charge in [0.25, 0.3) is 0 Å². The summed E-state index contributed by atoms with van der Waals surface area (Å²) >= 11 is 4.61. The van der Waals surface area contributed by atoms with Gasteiger partial charge in [-0.15, -0.1) is 0 Å². The summed E-state index contributed by atoms with van der Waals surface area (Å²) in [5.74, 6) is 0.438. The van der Waals surface area contributed by atoms with E-state index in [1.165, 1.54) is 0 Å². The molecule has 10 heavy (non-hydrogen) atoms. The minimum absolute atomic E-state index is 0.438. The first-order valence-corrected chi connectivity index (χ1v) is 6.50. The summed E-state index contributed by atoms with van der Waals surface area (Å²) < 4.78 is 2.21. The van der Waals surface area contributed by atoms with Gasteiger partial charge in [-0.3, -0.25) is 4.79 Å². The van der Waals surface area contributed by atoms with Crippen molar-refractivity contribution in [3.8, 4) is 0 Å². The zero-order valence-electron chi connectivity index (χ0n) is 5.91. The lowest BCUT2D eigenvalue weighted by Gasteiger charge is -1.95. The molecule has 0 spiro atoms. The topological polar surface area (TPSA) is 17.1 Å². The molecule has 0 rings (SSSR count). The molecule has 0 unspecified atom stereocenters. The Morgan fingerprint density at radius 1 is 1.00 bits per heavy atom. The first-order valence-electron chi connectivity index (χ1n) is 3.45. The van der Waals surface area contributed by atoms with Crippen molar-refractivity contribution in [3.05, 3.63) is 0 Å². The number of halogens is 2. The van der Waals surface area contributed by atoms with Crippen molar-refractivity contribution >= 4 is 51.0 Å². The molecular formula is C7H12I2O. The lowest BCUT2D eigenvalue weighted by Crippen LogP contribution is -1.97. The molecule has 0 saturated carbocycles.